The summed E-state index contributed by atoms with van der Waals surface area (Å²) in [6.07, 6.45) is 6.17. The van der Waals surface area contributed by atoms with Crippen LogP contribution in [0.1, 0.15) is 5.56 Å². The number of nitrogens with zero attached hydrogens (tertiary/aromatic N) is 5. The quantitative estimate of drug-likeness (QED) is 0.597. The Balaban J connectivity index is 1.79. The number of benzene rings is 1. The van der Waals surface area contributed by atoms with E-state index in [1.807, 2.05) is 18.2 Å². The molecule has 0 radical (unpaired) electrons. The molecule has 0 aliphatic carbocycles. The number of hydrogen-bond donors (Lipinski definition) is 1. The summed E-state index contributed by atoms with van der Waals surface area (Å²) < 4.78 is 30.9. The van der Waals surface area contributed by atoms with Gasteiger partial charge in [-0.15, -0.1) is 0 Å². The first-order chi connectivity index (χ1) is 12.5. The van der Waals surface area contributed by atoms with Gasteiger partial charge in [-0.05, 0) is 24.3 Å². The highest BCUT2D eigenvalue weighted by Crippen LogP contribution is 2.29. The van der Waals surface area contributed by atoms with Crippen molar-refractivity contribution in [3.05, 3.63) is 78.6 Å². The summed E-state index contributed by atoms with van der Waals surface area (Å²) in [6.45, 7) is -0.0437. The van der Waals surface area contributed by atoms with Crippen LogP contribution in [0.5, 0.6) is 0 Å². The second-order valence-electron chi connectivity index (χ2n) is 6.11. The molecule has 0 unspecified atom stereocenters. The Morgan fingerprint density at radius 2 is 2.00 bits per heavy atom. The van der Waals surface area contributed by atoms with E-state index in [-0.39, 0.29) is 18.7 Å². The highest BCUT2D eigenvalue weighted by Gasteiger charge is 2.34. The first-order valence-electron chi connectivity index (χ1n) is 7.95. The van der Waals surface area contributed by atoms with Crippen LogP contribution in [0.4, 0.5) is 8.78 Å². The van der Waals surface area contributed by atoms with Gasteiger partial charge in [0.25, 0.3) is 0 Å². The van der Waals surface area contributed by atoms with Gasteiger partial charge in [0.05, 0.1) is 13.1 Å². The van der Waals surface area contributed by atoms with Gasteiger partial charge in [-0.2, -0.15) is 5.10 Å². The Hall–Kier alpha value is -3.13. The van der Waals surface area contributed by atoms with Gasteiger partial charge in [0.2, 0.25) is 0 Å². The van der Waals surface area contributed by atoms with Crippen molar-refractivity contribution in [2.45, 2.75) is 18.7 Å². The van der Waals surface area contributed by atoms with Gasteiger partial charge in [-0.25, -0.2) is 23.4 Å². The lowest BCUT2D eigenvalue weighted by atomic mass is 9.92. The van der Waals surface area contributed by atoms with E-state index in [0.717, 1.165) is 17.5 Å². The summed E-state index contributed by atoms with van der Waals surface area (Å²) in [6, 6.07) is 8.70. The Bertz CT molecular complexity index is 1050. The minimum absolute atomic E-state index is 0.00985. The SMILES string of the molecule is O[C@@](Cn1cncn1)(Cn1ccc2cccnc21)c1ccc(F)cc1F. The molecule has 1 N–H and O–H groups in total. The average molecular weight is 355 g/mol. The lowest BCUT2D eigenvalue weighted by molar-refractivity contribution is -0.00447. The second kappa shape index (κ2) is 6.30. The largest absolute Gasteiger partial charge is 0.381 e. The van der Waals surface area contributed by atoms with Crippen molar-refractivity contribution in [3.8, 4) is 0 Å². The third-order valence-corrected chi connectivity index (χ3v) is 4.28. The van der Waals surface area contributed by atoms with Gasteiger partial charge < -0.3 is 9.67 Å². The molecule has 3 heterocycles. The van der Waals surface area contributed by atoms with Crippen molar-refractivity contribution in [2.75, 3.05) is 0 Å². The van der Waals surface area contributed by atoms with Crippen molar-refractivity contribution in [1.82, 2.24) is 24.3 Å². The Kier molecular flexibility index (Phi) is 3.96. The first-order valence-corrected chi connectivity index (χ1v) is 7.95. The van der Waals surface area contributed by atoms with Crippen LogP contribution in [0.3, 0.4) is 0 Å². The molecule has 0 aliphatic heterocycles. The molecule has 1 aromatic carbocycles. The van der Waals surface area contributed by atoms with E-state index in [9.17, 15) is 13.9 Å². The smallest absolute Gasteiger partial charge is 0.139 e. The minimum Gasteiger partial charge on any atom is -0.381 e. The zero-order chi connectivity index (χ0) is 18.1. The number of aromatic nitrogens is 5. The molecular weight excluding hydrogens is 340 g/mol. The highest BCUT2D eigenvalue weighted by atomic mass is 19.1. The molecule has 0 aliphatic rings. The molecule has 0 fully saturated rings. The predicted octanol–water partition coefficient (Wildman–Crippen LogP) is 2.49. The normalized spacial score (nSPS) is 13.8. The van der Waals surface area contributed by atoms with Crippen LogP contribution in [0.25, 0.3) is 11.0 Å². The van der Waals surface area contributed by atoms with Crippen molar-refractivity contribution >= 4 is 11.0 Å². The van der Waals surface area contributed by atoms with Gasteiger partial charge in [0.1, 0.15) is 35.5 Å². The third kappa shape index (κ3) is 2.95. The van der Waals surface area contributed by atoms with Crippen LogP contribution in [0.15, 0.2) is 61.4 Å². The highest BCUT2D eigenvalue weighted by molar-refractivity contribution is 5.75. The second-order valence-corrected chi connectivity index (χ2v) is 6.11. The van der Waals surface area contributed by atoms with Crippen LogP contribution in [0.2, 0.25) is 0 Å². The number of aliphatic hydroxyl groups is 1. The molecule has 6 nitrogen and oxygen atoms in total. The third-order valence-electron chi connectivity index (χ3n) is 4.28. The fourth-order valence-corrected chi connectivity index (χ4v) is 3.10. The van der Waals surface area contributed by atoms with Crippen molar-refractivity contribution in [2.24, 2.45) is 0 Å². The van der Waals surface area contributed by atoms with Crippen LogP contribution >= 0.6 is 0 Å². The summed E-state index contributed by atoms with van der Waals surface area (Å²) in [5.74, 6) is -1.53. The number of hydrogen-bond acceptors (Lipinski definition) is 4. The molecule has 0 amide bonds. The molecule has 0 bridgehead atoms. The molecule has 8 heteroatoms. The maximum absolute atomic E-state index is 14.4. The van der Waals surface area contributed by atoms with Gasteiger partial charge >= 0.3 is 0 Å². The monoisotopic (exact) mass is 355 g/mol. The summed E-state index contributed by atoms with van der Waals surface area (Å²) in [5, 5.41) is 16.2. The molecule has 0 saturated heterocycles. The first kappa shape index (κ1) is 16.3. The maximum atomic E-state index is 14.4. The molecule has 3 aromatic heterocycles. The Labute approximate surface area is 147 Å². The average Bonchev–Trinajstić information content (AvgIpc) is 3.25. The number of rotatable bonds is 5. The predicted molar refractivity (Wildman–Crippen MR) is 90.0 cm³/mol. The molecule has 0 saturated carbocycles. The zero-order valence-corrected chi connectivity index (χ0v) is 13.6. The van der Waals surface area contributed by atoms with Crippen LogP contribution in [-0.4, -0.2) is 29.4 Å². The van der Waals surface area contributed by atoms with Crippen LogP contribution in [0, 0.1) is 11.6 Å². The zero-order valence-electron chi connectivity index (χ0n) is 13.6. The summed E-state index contributed by atoms with van der Waals surface area (Å²) in [5.41, 5.74) is -1.05. The van der Waals surface area contributed by atoms with E-state index in [1.54, 1.807) is 17.0 Å². The van der Waals surface area contributed by atoms with E-state index < -0.39 is 17.2 Å². The molecule has 1 atom stereocenters. The van der Waals surface area contributed by atoms with E-state index in [1.165, 1.54) is 23.4 Å². The molecule has 4 aromatic rings. The van der Waals surface area contributed by atoms with Gasteiger partial charge in [0.15, 0.2) is 0 Å². The maximum Gasteiger partial charge on any atom is 0.139 e. The molecule has 26 heavy (non-hydrogen) atoms. The fraction of sp³-hybridized carbons (Fsp3) is 0.167. The summed E-state index contributed by atoms with van der Waals surface area (Å²) in [4.78, 5) is 8.17. The van der Waals surface area contributed by atoms with Gasteiger partial charge in [-0.1, -0.05) is 6.07 Å². The number of halogens is 2. The van der Waals surface area contributed by atoms with Gasteiger partial charge in [0, 0.05) is 29.4 Å². The minimum atomic E-state index is -1.69. The van der Waals surface area contributed by atoms with Gasteiger partial charge in [-0.3, -0.25) is 0 Å². The lowest BCUT2D eigenvalue weighted by Gasteiger charge is -2.29. The molecule has 0 spiro atoms. The number of fused-ring (bicyclic) bond motifs is 1. The standard InChI is InChI=1S/C18H15F2N5O/c19-14-3-4-15(16(20)8-14)18(26,10-25-12-21-11-23-25)9-24-7-5-13-2-1-6-22-17(13)24/h1-8,11-12,26H,9-10H2/t18-/m1/s1. The molecular formula is C18H15F2N5O. The number of pyridine rings is 1. The fourth-order valence-electron chi connectivity index (χ4n) is 3.10. The summed E-state index contributed by atoms with van der Waals surface area (Å²) >= 11 is 0. The van der Waals surface area contributed by atoms with Crippen LogP contribution in [-0.2, 0) is 18.7 Å². The Morgan fingerprint density at radius 1 is 1.12 bits per heavy atom. The molecule has 132 valence electrons. The van der Waals surface area contributed by atoms with Crippen molar-refractivity contribution < 1.29 is 13.9 Å². The van der Waals surface area contributed by atoms with E-state index in [2.05, 4.69) is 15.1 Å². The van der Waals surface area contributed by atoms with E-state index in [0.29, 0.717) is 5.65 Å². The molecule has 4 rings (SSSR count). The summed E-state index contributed by atoms with van der Waals surface area (Å²) in [7, 11) is 0. The van der Waals surface area contributed by atoms with Crippen LogP contribution < -0.4 is 0 Å². The van der Waals surface area contributed by atoms with E-state index in [4.69, 9.17) is 0 Å². The lowest BCUT2D eigenvalue weighted by Crippen LogP contribution is -2.37. The van der Waals surface area contributed by atoms with E-state index >= 15 is 0 Å². The van der Waals surface area contributed by atoms with Crippen molar-refractivity contribution in [3.63, 3.8) is 0 Å². The van der Waals surface area contributed by atoms with Crippen molar-refractivity contribution in [1.29, 1.82) is 0 Å². The topological polar surface area (TPSA) is 68.8 Å². The Morgan fingerprint density at radius 3 is 2.77 bits per heavy atom.